The number of likely N-dealkylation sites (N-methyl/N-ethyl adjacent to an activating group) is 1. The Hall–Kier alpha value is -1.44. The van der Waals surface area contributed by atoms with Crippen LogP contribution in [0, 0.1) is 6.92 Å². The smallest absolute Gasteiger partial charge is 0.254 e. The van der Waals surface area contributed by atoms with Gasteiger partial charge in [0.05, 0.1) is 4.90 Å². The third-order valence-corrected chi connectivity index (χ3v) is 5.63. The molecule has 1 fully saturated rings. The van der Waals surface area contributed by atoms with Crippen molar-refractivity contribution in [3.05, 3.63) is 29.3 Å². The van der Waals surface area contributed by atoms with Crippen LogP contribution < -0.4 is 4.72 Å². The molecule has 0 bridgehead atoms. The zero-order valence-electron chi connectivity index (χ0n) is 14.0. The maximum absolute atomic E-state index is 12.8. The highest BCUT2D eigenvalue weighted by Gasteiger charge is 2.22. The summed E-state index contributed by atoms with van der Waals surface area (Å²) in [6, 6.07) is 4.73. The maximum atomic E-state index is 12.8. The van der Waals surface area contributed by atoms with Gasteiger partial charge in [-0.1, -0.05) is 13.0 Å². The summed E-state index contributed by atoms with van der Waals surface area (Å²) >= 11 is 0. The second-order valence-electron chi connectivity index (χ2n) is 5.93. The van der Waals surface area contributed by atoms with Crippen molar-refractivity contribution in [2.24, 2.45) is 0 Å². The van der Waals surface area contributed by atoms with E-state index in [0.717, 1.165) is 25.1 Å². The number of nitrogens with one attached hydrogen (secondary N) is 1. The Morgan fingerprint density at radius 2 is 1.96 bits per heavy atom. The first kappa shape index (κ1) is 17.9. The molecular weight excluding hydrogens is 314 g/mol. The van der Waals surface area contributed by atoms with Crippen LogP contribution in [0.15, 0.2) is 23.1 Å². The van der Waals surface area contributed by atoms with E-state index in [1.165, 1.54) is 6.07 Å². The van der Waals surface area contributed by atoms with Crippen LogP contribution in [-0.2, 0) is 10.0 Å². The number of benzene rings is 1. The molecule has 0 aromatic heterocycles. The first-order valence-corrected chi connectivity index (χ1v) is 9.41. The minimum absolute atomic E-state index is 0.0913. The molecule has 0 atom stereocenters. The number of hydrogen-bond donors (Lipinski definition) is 1. The summed E-state index contributed by atoms with van der Waals surface area (Å²) in [4.78, 5) is 17.0. The van der Waals surface area contributed by atoms with Crippen LogP contribution in [0.25, 0.3) is 0 Å². The molecule has 0 saturated carbocycles. The summed E-state index contributed by atoms with van der Waals surface area (Å²) in [6.45, 7) is 7.05. The Kier molecular flexibility index (Phi) is 5.78. The Labute approximate surface area is 138 Å². The van der Waals surface area contributed by atoms with Crippen molar-refractivity contribution in [1.82, 2.24) is 14.5 Å². The lowest BCUT2D eigenvalue weighted by Gasteiger charge is -2.22. The van der Waals surface area contributed by atoms with Gasteiger partial charge in [0.25, 0.3) is 5.91 Å². The summed E-state index contributed by atoms with van der Waals surface area (Å²) in [5.41, 5.74) is 1.26. The van der Waals surface area contributed by atoms with Gasteiger partial charge < -0.3 is 9.80 Å². The molecule has 0 aliphatic carbocycles. The highest BCUT2D eigenvalue weighted by Crippen LogP contribution is 2.18. The number of aryl methyl sites for hydroxylation is 1. The molecule has 1 N–H and O–H groups in total. The normalized spacial score (nSPS) is 17.1. The Bertz CT molecular complexity index is 673. The van der Waals surface area contributed by atoms with Gasteiger partial charge in [-0.05, 0) is 44.6 Å². The molecule has 7 heteroatoms. The fourth-order valence-corrected chi connectivity index (χ4v) is 3.76. The fraction of sp³-hybridized carbons (Fsp3) is 0.562. The van der Waals surface area contributed by atoms with Crippen LogP contribution in [0.3, 0.4) is 0 Å². The van der Waals surface area contributed by atoms with Gasteiger partial charge >= 0.3 is 0 Å². The van der Waals surface area contributed by atoms with Crippen molar-refractivity contribution in [3.8, 4) is 0 Å². The van der Waals surface area contributed by atoms with E-state index in [-0.39, 0.29) is 10.8 Å². The molecule has 6 nitrogen and oxygen atoms in total. The van der Waals surface area contributed by atoms with Crippen LogP contribution in [0.1, 0.15) is 29.3 Å². The quantitative estimate of drug-likeness (QED) is 0.891. The van der Waals surface area contributed by atoms with Crippen molar-refractivity contribution in [2.45, 2.75) is 25.2 Å². The monoisotopic (exact) mass is 339 g/mol. The maximum Gasteiger partial charge on any atom is 0.254 e. The van der Waals surface area contributed by atoms with E-state index in [2.05, 4.69) is 9.62 Å². The van der Waals surface area contributed by atoms with Crippen molar-refractivity contribution in [2.75, 3.05) is 39.8 Å². The number of carbonyl (C=O) groups is 1. The van der Waals surface area contributed by atoms with E-state index >= 15 is 0 Å². The van der Waals surface area contributed by atoms with Crippen LogP contribution >= 0.6 is 0 Å². The van der Waals surface area contributed by atoms with Gasteiger partial charge in [0.2, 0.25) is 10.0 Å². The number of carbonyl (C=O) groups excluding carboxylic acids is 1. The topological polar surface area (TPSA) is 69.7 Å². The van der Waals surface area contributed by atoms with Gasteiger partial charge in [-0.3, -0.25) is 4.79 Å². The van der Waals surface area contributed by atoms with E-state index in [1.54, 1.807) is 19.1 Å². The summed E-state index contributed by atoms with van der Waals surface area (Å²) in [6.07, 6.45) is 0.927. The molecule has 1 heterocycles. The van der Waals surface area contributed by atoms with E-state index in [0.29, 0.717) is 25.2 Å². The number of rotatable bonds is 4. The lowest BCUT2D eigenvalue weighted by molar-refractivity contribution is 0.0762. The molecule has 2 rings (SSSR count). The highest BCUT2D eigenvalue weighted by molar-refractivity contribution is 7.89. The van der Waals surface area contributed by atoms with Crippen molar-refractivity contribution in [3.63, 3.8) is 0 Å². The number of amides is 1. The second kappa shape index (κ2) is 7.42. The van der Waals surface area contributed by atoms with Crippen LogP contribution in [0.5, 0.6) is 0 Å². The molecule has 0 radical (unpaired) electrons. The standard InChI is InChI=1S/C16H25N3O3S/c1-4-17-23(21,22)14-7-6-13(2)15(12-14)16(20)19-9-5-8-18(3)10-11-19/h6-7,12,17H,4-5,8-11H2,1-3H3. The minimum Gasteiger partial charge on any atom is -0.337 e. The molecule has 1 aliphatic rings. The van der Waals surface area contributed by atoms with E-state index in [1.807, 2.05) is 18.9 Å². The minimum atomic E-state index is -3.56. The largest absolute Gasteiger partial charge is 0.337 e. The molecule has 1 aromatic rings. The van der Waals surface area contributed by atoms with Crippen LogP contribution in [-0.4, -0.2) is 63.9 Å². The summed E-state index contributed by atoms with van der Waals surface area (Å²) < 4.78 is 26.8. The van der Waals surface area contributed by atoms with Gasteiger partial charge in [-0.15, -0.1) is 0 Å². The molecule has 23 heavy (non-hydrogen) atoms. The molecule has 128 valence electrons. The van der Waals surface area contributed by atoms with E-state index in [9.17, 15) is 13.2 Å². The number of hydrogen-bond acceptors (Lipinski definition) is 4. The van der Waals surface area contributed by atoms with Crippen molar-refractivity contribution in [1.29, 1.82) is 0 Å². The first-order valence-electron chi connectivity index (χ1n) is 7.93. The van der Waals surface area contributed by atoms with Gasteiger partial charge in [0, 0.05) is 31.7 Å². The molecule has 1 aliphatic heterocycles. The average Bonchev–Trinajstić information content (AvgIpc) is 2.71. The molecule has 0 spiro atoms. The third kappa shape index (κ3) is 4.31. The number of sulfonamides is 1. The Morgan fingerprint density at radius 3 is 2.65 bits per heavy atom. The van der Waals surface area contributed by atoms with E-state index in [4.69, 9.17) is 0 Å². The molecule has 1 amide bonds. The lowest BCUT2D eigenvalue weighted by Crippen LogP contribution is -2.35. The molecule has 1 aromatic carbocycles. The van der Waals surface area contributed by atoms with Gasteiger partial charge in [0.1, 0.15) is 0 Å². The molecule has 0 unspecified atom stereocenters. The zero-order valence-corrected chi connectivity index (χ0v) is 14.8. The van der Waals surface area contributed by atoms with E-state index < -0.39 is 10.0 Å². The molecule has 1 saturated heterocycles. The predicted molar refractivity (Wildman–Crippen MR) is 90.1 cm³/mol. The highest BCUT2D eigenvalue weighted by atomic mass is 32.2. The third-order valence-electron chi connectivity index (χ3n) is 4.09. The second-order valence-corrected chi connectivity index (χ2v) is 7.69. The van der Waals surface area contributed by atoms with Gasteiger partial charge in [-0.2, -0.15) is 0 Å². The molecular formula is C16H25N3O3S. The van der Waals surface area contributed by atoms with Gasteiger partial charge in [0.15, 0.2) is 0 Å². The predicted octanol–water partition coefficient (Wildman–Crippen LogP) is 1.07. The average molecular weight is 339 g/mol. The first-order chi connectivity index (χ1) is 10.8. The Morgan fingerprint density at radius 1 is 1.22 bits per heavy atom. The summed E-state index contributed by atoms with van der Waals surface area (Å²) in [7, 11) is -1.51. The fourth-order valence-electron chi connectivity index (χ4n) is 2.69. The summed E-state index contributed by atoms with van der Waals surface area (Å²) in [5.74, 6) is -0.0913. The van der Waals surface area contributed by atoms with Crippen LogP contribution in [0.2, 0.25) is 0 Å². The number of nitrogens with zero attached hydrogens (tertiary/aromatic N) is 2. The SMILES string of the molecule is CCNS(=O)(=O)c1ccc(C)c(C(=O)N2CCCN(C)CC2)c1. The van der Waals surface area contributed by atoms with Crippen molar-refractivity contribution < 1.29 is 13.2 Å². The zero-order chi connectivity index (χ0) is 17.0. The summed E-state index contributed by atoms with van der Waals surface area (Å²) in [5, 5.41) is 0. The lowest BCUT2D eigenvalue weighted by atomic mass is 10.1. The van der Waals surface area contributed by atoms with Crippen molar-refractivity contribution >= 4 is 15.9 Å². The van der Waals surface area contributed by atoms with Crippen LogP contribution in [0.4, 0.5) is 0 Å². The Balaban J connectivity index is 2.29. The van der Waals surface area contributed by atoms with Gasteiger partial charge in [-0.25, -0.2) is 13.1 Å².